The van der Waals surface area contributed by atoms with Gasteiger partial charge in [0.1, 0.15) is 11.4 Å². The molecule has 0 spiro atoms. The van der Waals surface area contributed by atoms with Gasteiger partial charge in [-0.1, -0.05) is 11.8 Å². The molecule has 3 rings (SSSR count). The molecule has 136 valence electrons. The minimum Gasteiger partial charge on any atom is -0.258 e. The highest BCUT2D eigenvalue weighted by Crippen LogP contribution is 2.25. The predicted octanol–water partition coefficient (Wildman–Crippen LogP) is 3.31. The molecule has 0 saturated carbocycles. The average molecular weight is 391 g/mol. The van der Waals surface area contributed by atoms with Crippen molar-refractivity contribution in [3.05, 3.63) is 49.2 Å². The van der Waals surface area contributed by atoms with Crippen LogP contribution in [-0.4, -0.2) is 35.8 Å². The molecule has 26 heavy (non-hydrogen) atoms. The Balaban J connectivity index is 1.80. The van der Waals surface area contributed by atoms with E-state index in [1.165, 1.54) is 11.8 Å². The molecule has 0 bridgehead atoms. The quantitative estimate of drug-likeness (QED) is 0.276. The van der Waals surface area contributed by atoms with Gasteiger partial charge in [0.2, 0.25) is 5.16 Å². The monoisotopic (exact) mass is 391 g/mol. The van der Waals surface area contributed by atoms with Crippen molar-refractivity contribution in [3.63, 3.8) is 0 Å². The van der Waals surface area contributed by atoms with Crippen molar-refractivity contribution >= 4 is 35.0 Å². The molecule has 11 heteroatoms. The van der Waals surface area contributed by atoms with Gasteiger partial charge in [0, 0.05) is 0 Å². The summed E-state index contributed by atoms with van der Waals surface area (Å²) in [4.78, 5) is 11.8. The van der Waals surface area contributed by atoms with Crippen molar-refractivity contribution in [2.24, 2.45) is 5.10 Å². The molecular weight excluding hydrogens is 374 g/mol. The molecular formula is C15H17N7O2S2. The lowest BCUT2D eigenvalue weighted by Gasteiger charge is -2.04. The van der Waals surface area contributed by atoms with Gasteiger partial charge in [-0.3, -0.25) is 14.8 Å². The zero-order valence-electron chi connectivity index (χ0n) is 14.7. The summed E-state index contributed by atoms with van der Waals surface area (Å²) in [5, 5.41) is 30.6. The number of nitrogens with zero attached hydrogens (tertiary/aromatic N) is 7. The molecule has 3 heterocycles. The van der Waals surface area contributed by atoms with Gasteiger partial charge in [-0.2, -0.15) is 14.9 Å². The zero-order valence-corrected chi connectivity index (χ0v) is 16.3. The van der Waals surface area contributed by atoms with E-state index in [-0.39, 0.29) is 5.69 Å². The van der Waals surface area contributed by atoms with Crippen LogP contribution in [0.4, 0.5) is 5.69 Å². The van der Waals surface area contributed by atoms with Crippen LogP contribution in [0.2, 0.25) is 0 Å². The van der Waals surface area contributed by atoms with Crippen LogP contribution in [0.1, 0.15) is 27.7 Å². The summed E-state index contributed by atoms with van der Waals surface area (Å²) in [6.07, 6.45) is 1.79. The molecule has 0 aliphatic rings. The molecule has 3 aromatic heterocycles. The number of hydrogen-bond donors (Lipinski definition) is 0. The minimum atomic E-state index is -0.404. The fourth-order valence-electron chi connectivity index (χ4n) is 2.38. The molecule has 0 radical (unpaired) electrons. The van der Waals surface area contributed by atoms with E-state index in [0.717, 1.165) is 10.4 Å². The Morgan fingerprint density at radius 2 is 2.12 bits per heavy atom. The second-order valence-electron chi connectivity index (χ2n) is 5.60. The average Bonchev–Trinajstić information content (AvgIpc) is 3.22. The maximum atomic E-state index is 11.1. The van der Waals surface area contributed by atoms with Gasteiger partial charge in [0.15, 0.2) is 5.82 Å². The molecule has 9 nitrogen and oxygen atoms in total. The first-order chi connectivity index (χ1) is 12.4. The van der Waals surface area contributed by atoms with Crippen LogP contribution < -0.4 is 0 Å². The number of rotatable bonds is 6. The summed E-state index contributed by atoms with van der Waals surface area (Å²) < 4.78 is 3.25. The first-order valence-electron chi connectivity index (χ1n) is 7.70. The summed E-state index contributed by atoms with van der Waals surface area (Å²) in [6, 6.07) is 2.04. The molecule has 3 aromatic rings. The second-order valence-corrected chi connectivity index (χ2v) is 7.46. The largest absolute Gasteiger partial charge is 0.312 e. The van der Waals surface area contributed by atoms with E-state index < -0.39 is 4.92 Å². The van der Waals surface area contributed by atoms with E-state index in [0.29, 0.717) is 28.2 Å². The number of nitro groups is 1. The van der Waals surface area contributed by atoms with Crippen LogP contribution in [0.15, 0.2) is 21.7 Å². The number of thioether (sulfide) groups is 1. The standard InChI is InChI=1S/C15H17N7O2S2/c1-9-5-6-25-13(9)7-16-21-12(4)17-18-15(21)26-8-20-11(3)14(22(23)24)10(2)19-20/h5-7H,8H2,1-4H3. The summed E-state index contributed by atoms with van der Waals surface area (Å²) >= 11 is 2.98. The van der Waals surface area contributed by atoms with Gasteiger partial charge in [-0.25, -0.2) is 0 Å². The highest BCUT2D eigenvalue weighted by atomic mass is 32.2. The van der Waals surface area contributed by atoms with Crippen LogP contribution in [0.5, 0.6) is 0 Å². The number of aromatic nitrogens is 5. The van der Waals surface area contributed by atoms with E-state index in [4.69, 9.17) is 0 Å². The molecule has 0 N–H and O–H groups in total. The smallest absolute Gasteiger partial charge is 0.258 e. The predicted molar refractivity (Wildman–Crippen MR) is 101 cm³/mol. The van der Waals surface area contributed by atoms with Crippen molar-refractivity contribution < 1.29 is 4.92 Å². The molecule has 0 aliphatic carbocycles. The normalized spacial score (nSPS) is 11.5. The van der Waals surface area contributed by atoms with Gasteiger partial charge >= 0.3 is 5.69 Å². The van der Waals surface area contributed by atoms with Gasteiger partial charge < -0.3 is 0 Å². The topological polar surface area (TPSA) is 104 Å². The molecule has 0 aliphatic heterocycles. The maximum Gasteiger partial charge on any atom is 0.312 e. The van der Waals surface area contributed by atoms with E-state index in [2.05, 4.69) is 20.4 Å². The SMILES string of the molecule is Cc1ccsc1C=Nn1c(C)nnc1SCn1nc(C)c([N+](=O)[O-])c1C. The first-order valence-corrected chi connectivity index (χ1v) is 9.56. The summed E-state index contributed by atoms with van der Waals surface area (Å²) in [6.45, 7) is 7.17. The Morgan fingerprint density at radius 3 is 2.73 bits per heavy atom. The minimum absolute atomic E-state index is 0.0504. The van der Waals surface area contributed by atoms with Gasteiger partial charge in [0.05, 0.1) is 21.9 Å². The lowest BCUT2D eigenvalue weighted by Crippen LogP contribution is -2.02. The van der Waals surface area contributed by atoms with Crippen molar-refractivity contribution in [3.8, 4) is 0 Å². The van der Waals surface area contributed by atoms with E-state index >= 15 is 0 Å². The van der Waals surface area contributed by atoms with Crippen LogP contribution in [0.25, 0.3) is 0 Å². The summed E-state index contributed by atoms with van der Waals surface area (Å²) in [5.74, 6) is 1.05. The Hall–Kier alpha value is -2.53. The fourth-order valence-corrected chi connectivity index (χ4v) is 4.05. The Bertz CT molecular complexity index is 986. The van der Waals surface area contributed by atoms with Crippen molar-refractivity contribution in [1.29, 1.82) is 0 Å². The molecule has 0 saturated heterocycles. The third kappa shape index (κ3) is 3.53. The van der Waals surface area contributed by atoms with Crippen LogP contribution in [0.3, 0.4) is 0 Å². The van der Waals surface area contributed by atoms with Gasteiger partial charge in [0.25, 0.3) is 0 Å². The Morgan fingerprint density at radius 1 is 1.35 bits per heavy atom. The highest BCUT2D eigenvalue weighted by molar-refractivity contribution is 7.98. The lowest BCUT2D eigenvalue weighted by atomic mass is 10.3. The van der Waals surface area contributed by atoms with Crippen LogP contribution in [0, 0.1) is 37.8 Å². The summed E-state index contributed by atoms with van der Waals surface area (Å²) in [7, 11) is 0. The first kappa shape index (κ1) is 18.3. The van der Waals surface area contributed by atoms with Crippen molar-refractivity contribution in [2.45, 2.75) is 38.7 Å². The fraction of sp³-hybridized carbons (Fsp3) is 0.333. The zero-order chi connectivity index (χ0) is 18.8. The van der Waals surface area contributed by atoms with E-state index in [9.17, 15) is 10.1 Å². The number of aryl methyl sites for hydroxylation is 3. The van der Waals surface area contributed by atoms with Crippen LogP contribution in [-0.2, 0) is 5.88 Å². The third-order valence-corrected chi connectivity index (χ3v) is 5.64. The number of thiophene rings is 1. The second kappa shape index (κ2) is 7.38. The van der Waals surface area contributed by atoms with Crippen molar-refractivity contribution in [2.75, 3.05) is 0 Å². The van der Waals surface area contributed by atoms with Gasteiger partial charge in [-0.05, 0) is 44.7 Å². The summed E-state index contributed by atoms with van der Waals surface area (Å²) in [5.41, 5.74) is 2.13. The van der Waals surface area contributed by atoms with E-state index in [1.807, 2.05) is 25.3 Å². The third-order valence-electron chi connectivity index (χ3n) is 3.80. The Kier molecular flexibility index (Phi) is 5.18. The van der Waals surface area contributed by atoms with Crippen molar-refractivity contribution in [1.82, 2.24) is 24.7 Å². The molecule has 0 aromatic carbocycles. The molecule has 0 amide bonds. The van der Waals surface area contributed by atoms with Gasteiger partial charge in [-0.15, -0.1) is 21.5 Å². The highest BCUT2D eigenvalue weighted by Gasteiger charge is 2.22. The lowest BCUT2D eigenvalue weighted by molar-refractivity contribution is -0.386. The van der Waals surface area contributed by atoms with E-state index in [1.54, 1.807) is 40.8 Å². The number of hydrogen-bond acceptors (Lipinski definition) is 8. The molecule has 0 atom stereocenters. The molecule has 0 unspecified atom stereocenters. The molecule has 0 fully saturated rings. The maximum absolute atomic E-state index is 11.1. The van der Waals surface area contributed by atoms with Crippen LogP contribution >= 0.6 is 23.1 Å². The Labute approximate surface area is 157 Å².